The Hall–Kier alpha value is -0.740. The molecule has 15 heavy (non-hydrogen) atoms. The van der Waals surface area contributed by atoms with Gasteiger partial charge in [-0.25, -0.2) is 0 Å². The molecule has 4 heteroatoms. The Kier molecular flexibility index (Phi) is 3.99. The van der Waals surface area contributed by atoms with Crippen LogP contribution in [0.25, 0.3) is 0 Å². The highest BCUT2D eigenvalue weighted by Gasteiger charge is 2.17. The molecular formula is C11H15BrO3. The van der Waals surface area contributed by atoms with Gasteiger partial charge < -0.3 is 14.9 Å². The van der Waals surface area contributed by atoms with E-state index in [4.69, 9.17) is 9.84 Å². The second-order valence-corrected chi connectivity index (χ2v) is 4.39. The van der Waals surface area contributed by atoms with Crippen LogP contribution < -0.4 is 4.74 Å². The van der Waals surface area contributed by atoms with Gasteiger partial charge in [-0.2, -0.15) is 0 Å². The average Bonchev–Trinajstić information content (AvgIpc) is 2.23. The minimum absolute atomic E-state index is 0.00772. The third kappa shape index (κ3) is 2.26. The molecule has 0 aliphatic rings. The third-order valence-electron chi connectivity index (χ3n) is 2.48. The van der Waals surface area contributed by atoms with E-state index in [0.29, 0.717) is 11.3 Å². The van der Waals surface area contributed by atoms with E-state index < -0.39 is 0 Å². The molecule has 0 aliphatic heterocycles. The second kappa shape index (κ2) is 4.86. The van der Waals surface area contributed by atoms with Gasteiger partial charge in [0, 0.05) is 28.1 Å². The van der Waals surface area contributed by atoms with Crippen LogP contribution in [0.5, 0.6) is 11.5 Å². The van der Waals surface area contributed by atoms with Crippen LogP contribution in [0.15, 0.2) is 10.5 Å². The molecule has 84 valence electrons. The normalized spacial score (nSPS) is 12.6. The number of ether oxygens (including phenoxy) is 1. The van der Waals surface area contributed by atoms with Gasteiger partial charge >= 0.3 is 0 Å². The standard InChI is InChI=1S/C11H15BrO3/c1-6(5-13)8-4-9(12)7(2)11(15-3)10(8)14/h4,6,13-14H,5H2,1-3H3. The summed E-state index contributed by atoms with van der Waals surface area (Å²) in [5.74, 6) is 0.454. The van der Waals surface area contributed by atoms with Crippen molar-refractivity contribution in [1.82, 2.24) is 0 Å². The summed E-state index contributed by atoms with van der Waals surface area (Å²) in [5, 5.41) is 19.0. The lowest BCUT2D eigenvalue weighted by Gasteiger charge is -2.16. The number of halogens is 1. The van der Waals surface area contributed by atoms with Crippen molar-refractivity contribution in [3.63, 3.8) is 0 Å². The summed E-state index contributed by atoms with van der Waals surface area (Å²) in [6.07, 6.45) is 0. The summed E-state index contributed by atoms with van der Waals surface area (Å²) < 4.78 is 6.00. The van der Waals surface area contributed by atoms with Crippen LogP contribution in [-0.2, 0) is 0 Å². The molecule has 3 nitrogen and oxygen atoms in total. The van der Waals surface area contributed by atoms with Crippen molar-refractivity contribution in [2.24, 2.45) is 0 Å². The van der Waals surface area contributed by atoms with Crippen LogP contribution in [0.3, 0.4) is 0 Å². The van der Waals surface area contributed by atoms with Crippen molar-refractivity contribution in [3.8, 4) is 11.5 Å². The first kappa shape index (κ1) is 12.3. The summed E-state index contributed by atoms with van der Waals surface area (Å²) in [6.45, 7) is 3.69. The van der Waals surface area contributed by atoms with E-state index in [2.05, 4.69) is 15.9 Å². The first-order valence-corrected chi connectivity index (χ1v) is 5.49. The molecule has 0 fully saturated rings. The fourth-order valence-electron chi connectivity index (χ4n) is 1.45. The molecule has 1 aromatic carbocycles. The molecule has 1 unspecified atom stereocenters. The number of aliphatic hydroxyl groups is 1. The fourth-order valence-corrected chi connectivity index (χ4v) is 1.88. The highest BCUT2D eigenvalue weighted by molar-refractivity contribution is 9.10. The Bertz CT molecular complexity index is 363. The van der Waals surface area contributed by atoms with E-state index in [1.807, 2.05) is 19.9 Å². The molecule has 0 radical (unpaired) electrons. The lowest BCUT2D eigenvalue weighted by molar-refractivity contribution is 0.269. The summed E-state index contributed by atoms with van der Waals surface area (Å²) >= 11 is 3.40. The van der Waals surface area contributed by atoms with Crippen molar-refractivity contribution >= 4 is 15.9 Å². The lowest BCUT2D eigenvalue weighted by atomic mass is 9.99. The zero-order valence-electron chi connectivity index (χ0n) is 9.04. The van der Waals surface area contributed by atoms with Crippen molar-refractivity contribution in [1.29, 1.82) is 0 Å². The number of methoxy groups -OCH3 is 1. The molecule has 0 saturated carbocycles. The van der Waals surface area contributed by atoms with Gasteiger partial charge in [-0.05, 0) is 13.0 Å². The molecule has 0 bridgehead atoms. The first-order chi connectivity index (χ1) is 7.02. The molecule has 2 N–H and O–H groups in total. The summed E-state index contributed by atoms with van der Waals surface area (Å²) in [6, 6.07) is 1.81. The molecule has 0 aliphatic carbocycles. The minimum atomic E-state index is -0.115. The number of aromatic hydroxyl groups is 1. The van der Waals surface area contributed by atoms with E-state index in [0.717, 1.165) is 10.0 Å². The maximum atomic E-state index is 9.94. The Morgan fingerprint density at radius 2 is 2.13 bits per heavy atom. The van der Waals surface area contributed by atoms with Gasteiger partial charge in [-0.1, -0.05) is 22.9 Å². The SMILES string of the molecule is COc1c(C)c(Br)cc(C(C)CO)c1O. The average molecular weight is 275 g/mol. The Morgan fingerprint density at radius 1 is 1.53 bits per heavy atom. The Balaban J connectivity index is 3.36. The molecule has 0 spiro atoms. The number of benzene rings is 1. The van der Waals surface area contributed by atoms with E-state index in [1.165, 1.54) is 7.11 Å². The molecule has 0 amide bonds. The van der Waals surface area contributed by atoms with Crippen LogP contribution in [0.1, 0.15) is 24.0 Å². The topological polar surface area (TPSA) is 49.7 Å². The number of rotatable bonds is 3. The lowest BCUT2D eigenvalue weighted by Crippen LogP contribution is -2.01. The van der Waals surface area contributed by atoms with E-state index in [9.17, 15) is 5.11 Å². The first-order valence-electron chi connectivity index (χ1n) is 4.69. The van der Waals surface area contributed by atoms with Crippen LogP contribution >= 0.6 is 15.9 Å². The van der Waals surface area contributed by atoms with Gasteiger partial charge in [-0.3, -0.25) is 0 Å². The largest absolute Gasteiger partial charge is 0.504 e. The fraction of sp³-hybridized carbons (Fsp3) is 0.455. The summed E-state index contributed by atoms with van der Waals surface area (Å²) in [7, 11) is 1.52. The zero-order chi connectivity index (χ0) is 11.6. The van der Waals surface area contributed by atoms with Gasteiger partial charge in [-0.15, -0.1) is 0 Å². The number of hydrogen-bond donors (Lipinski definition) is 2. The zero-order valence-corrected chi connectivity index (χ0v) is 10.6. The van der Waals surface area contributed by atoms with E-state index in [-0.39, 0.29) is 18.3 Å². The molecular weight excluding hydrogens is 260 g/mol. The summed E-state index contributed by atoms with van der Waals surface area (Å²) in [4.78, 5) is 0. The molecule has 1 aromatic rings. The Labute approximate surface area is 97.8 Å². The number of hydrogen-bond acceptors (Lipinski definition) is 3. The predicted octanol–water partition coefficient (Wildman–Crippen LogP) is 2.57. The highest BCUT2D eigenvalue weighted by Crippen LogP contribution is 2.40. The van der Waals surface area contributed by atoms with Gasteiger partial charge in [0.25, 0.3) is 0 Å². The molecule has 0 saturated heterocycles. The van der Waals surface area contributed by atoms with Gasteiger partial charge in [0.15, 0.2) is 11.5 Å². The van der Waals surface area contributed by atoms with Gasteiger partial charge in [0.05, 0.1) is 7.11 Å². The van der Waals surface area contributed by atoms with E-state index >= 15 is 0 Å². The van der Waals surface area contributed by atoms with Gasteiger partial charge in [0.2, 0.25) is 0 Å². The third-order valence-corrected chi connectivity index (χ3v) is 3.30. The second-order valence-electron chi connectivity index (χ2n) is 3.54. The minimum Gasteiger partial charge on any atom is -0.504 e. The van der Waals surface area contributed by atoms with E-state index in [1.54, 1.807) is 0 Å². The van der Waals surface area contributed by atoms with Crippen molar-refractivity contribution in [3.05, 3.63) is 21.7 Å². The van der Waals surface area contributed by atoms with Crippen LogP contribution in [0, 0.1) is 6.92 Å². The quantitative estimate of drug-likeness (QED) is 0.891. The molecule has 0 aromatic heterocycles. The highest BCUT2D eigenvalue weighted by atomic mass is 79.9. The van der Waals surface area contributed by atoms with Crippen LogP contribution in [0.2, 0.25) is 0 Å². The van der Waals surface area contributed by atoms with Crippen molar-refractivity contribution in [2.45, 2.75) is 19.8 Å². The number of aliphatic hydroxyl groups excluding tert-OH is 1. The van der Waals surface area contributed by atoms with Crippen molar-refractivity contribution in [2.75, 3.05) is 13.7 Å². The molecule has 0 heterocycles. The predicted molar refractivity (Wildman–Crippen MR) is 62.6 cm³/mol. The number of phenols is 1. The maximum absolute atomic E-state index is 9.94. The summed E-state index contributed by atoms with van der Waals surface area (Å²) in [5.41, 5.74) is 1.54. The van der Waals surface area contributed by atoms with Crippen molar-refractivity contribution < 1.29 is 14.9 Å². The Morgan fingerprint density at radius 3 is 2.60 bits per heavy atom. The van der Waals surface area contributed by atoms with Gasteiger partial charge in [0.1, 0.15) is 0 Å². The molecule has 1 rings (SSSR count). The maximum Gasteiger partial charge on any atom is 0.164 e. The van der Waals surface area contributed by atoms with Crippen LogP contribution in [0.4, 0.5) is 0 Å². The monoisotopic (exact) mass is 274 g/mol. The number of phenolic OH excluding ortho intramolecular Hbond substituents is 1. The smallest absolute Gasteiger partial charge is 0.164 e. The van der Waals surface area contributed by atoms with Crippen LogP contribution in [-0.4, -0.2) is 23.9 Å². The molecule has 1 atom stereocenters.